The Bertz CT molecular complexity index is 311. The van der Waals surface area contributed by atoms with E-state index in [0.717, 1.165) is 25.7 Å². The second-order valence-electron chi connectivity index (χ2n) is 6.29. The molecule has 0 radical (unpaired) electrons. The Balaban J connectivity index is 2.01. The standard InChI is InChI=1S/C15H27NO3/c1-4-19-14(17)15(12-5-6-12,16-13-7-8-13)10-18-9-11(2)3/h11-13,16H,4-10H2,1-3H3. The summed E-state index contributed by atoms with van der Waals surface area (Å²) < 4.78 is 11.1. The highest BCUT2D eigenvalue weighted by Gasteiger charge is 2.54. The van der Waals surface area contributed by atoms with E-state index in [2.05, 4.69) is 19.2 Å². The number of hydrogen-bond acceptors (Lipinski definition) is 4. The summed E-state index contributed by atoms with van der Waals surface area (Å²) in [5, 5.41) is 3.53. The van der Waals surface area contributed by atoms with Gasteiger partial charge in [-0.2, -0.15) is 0 Å². The van der Waals surface area contributed by atoms with Gasteiger partial charge >= 0.3 is 5.97 Å². The Morgan fingerprint density at radius 2 is 2.00 bits per heavy atom. The van der Waals surface area contributed by atoms with Crippen LogP contribution in [0.2, 0.25) is 0 Å². The van der Waals surface area contributed by atoms with Gasteiger partial charge in [-0.15, -0.1) is 0 Å². The Labute approximate surface area is 116 Å². The summed E-state index contributed by atoms with van der Waals surface area (Å²) in [6.45, 7) is 7.69. The lowest BCUT2D eigenvalue weighted by Crippen LogP contribution is -2.59. The molecule has 2 saturated carbocycles. The van der Waals surface area contributed by atoms with Gasteiger partial charge in [-0.25, -0.2) is 4.79 Å². The third-order valence-corrected chi connectivity index (χ3v) is 3.73. The molecule has 0 aromatic rings. The number of esters is 1. The predicted molar refractivity (Wildman–Crippen MR) is 73.9 cm³/mol. The van der Waals surface area contributed by atoms with E-state index in [0.29, 0.717) is 37.7 Å². The van der Waals surface area contributed by atoms with Gasteiger partial charge in [0.1, 0.15) is 5.54 Å². The Kier molecular flexibility index (Phi) is 4.85. The van der Waals surface area contributed by atoms with Crippen LogP contribution in [0, 0.1) is 11.8 Å². The largest absolute Gasteiger partial charge is 0.465 e. The topological polar surface area (TPSA) is 47.6 Å². The molecule has 2 fully saturated rings. The molecule has 0 bridgehead atoms. The molecule has 1 atom stereocenters. The zero-order chi connectivity index (χ0) is 13.9. The summed E-state index contributed by atoms with van der Waals surface area (Å²) in [6.07, 6.45) is 4.53. The highest BCUT2D eigenvalue weighted by Crippen LogP contribution is 2.42. The minimum Gasteiger partial charge on any atom is -0.465 e. The lowest BCUT2D eigenvalue weighted by Gasteiger charge is -2.33. The summed E-state index contributed by atoms with van der Waals surface area (Å²) in [5.74, 6) is 0.757. The van der Waals surface area contributed by atoms with Gasteiger partial charge in [0.15, 0.2) is 0 Å². The maximum absolute atomic E-state index is 12.4. The van der Waals surface area contributed by atoms with Gasteiger partial charge in [0.05, 0.1) is 13.2 Å². The first-order chi connectivity index (χ1) is 9.08. The van der Waals surface area contributed by atoms with Gasteiger partial charge in [-0.1, -0.05) is 13.8 Å². The third-order valence-electron chi connectivity index (χ3n) is 3.73. The van der Waals surface area contributed by atoms with Gasteiger partial charge in [-0.05, 0) is 44.4 Å². The molecule has 0 saturated heterocycles. The molecule has 0 spiro atoms. The van der Waals surface area contributed by atoms with E-state index < -0.39 is 5.54 Å². The quantitative estimate of drug-likeness (QED) is 0.651. The number of carbonyl (C=O) groups is 1. The first-order valence-corrected chi connectivity index (χ1v) is 7.61. The van der Waals surface area contributed by atoms with Crippen LogP contribution >= 0.6 is 0 Å². The van der Waals surface area contributed by atoms with Crippen LogP contribution in [0.5, 0.6) is 0 Å². The number of carbonyl (C=O) groups excluding carboxylic acids is 1. The van der Waals surface area contributed by atoms with Crippen LogP contribution in [0.1, 0.15) is 46.5 Å². The maximum atomic E-state index is 12.4. The summed E-state index contributed by atoms with van der Waals surface area (Å²) >= 11 is 0. The Morgan fingerprint density at radius 1 is 1.32 bits per heavy atom. The third kappa shape index (κ3) is 3.93. The molecule has 2 aliphatic carbocycles. The fourth-order valence-electron chi connectivity index (χ4n) is 2.45. The van der Waals surface area contributed by atoms with Crippen molar-refractivity contribution in [2.45, 2.75) is 58.0 Å². The minimum atomic E-state index is -0.591. The monoisotopic (exact) mass is 269 g/mol. The molecule has 0 aromatic carbocycles. The summed E-state index contributed by atoms with van der Waals surface area (Å²) in [5.41, 5.74) is -0.591. The Hall–Kier alpha value is -0.610. The lowest BCUT2D eigenvalue weighted by atomic mass is 9.93. The van der Waals surface area contributed by atoms with E-state index in [1.165, 1.54) is 0 Å². The average molecular weight is 269 g/mol. The summed E-state index contributed by atoms with van der Waals surface area (Å²) in [6, 6.07) is 0.479. The molecule has 1 unspecified atom stereocenters. The molecule has 4 heteroatoms. The van der Waals surface area contributed by atoms with E-state index in [9.17, 15) is 4.79 Å². The zero-order valence-electron chi connectivity index (χ0n) is 12.4. The van der Waals surface area contributed by atoms with Crippen molar-refractivity contribution in [3.8, 4) is 0 Å². The summed E-state index contributed by atoms with van der Waals surface area (Å²) in [7, 11) is 0. The molecule has 0 heterocycles. The second-order valence-corrected chi connectivity index (χ2v) is 6.29. The van der Waals surface area contributed by atoms with Gasteiger partial charge in [0.25, 0.3) is 0 Å². The van der Waals surface area contributed by atoms with E-state index in [1.54, 1.807) is 0 Å². The van der Waals surface area contributed by atoms with Crippen LogP contribution in [0.15, 0.2) is 0 Å². The van der Waals surface area contributed by atoms with E-state index in [-0.39, 0.29) is 5.97 Å². The van der Waals surface area contributed by atoms with Crippen LogP contribution in [-0.4, -0.2) is 37.4 Å². The lowest BCUT2D eigenvalue weighted by molar-refractivity contribution is -0.156. The van der Waals surface area contributed by atoms with Crippen molar-refractivity contribution in [3.05, 3.63) is 0 Å². The molecular weight excluding hydrogens is 242 g/mol. The average Bonchev–Trinajstić information content (AvgIpc) is 3.21. The van der Waals surface area contributed by atoms with Crippen LogP contribution in [0.25, 0.3) is 0 Å². The molecule has 2 rings (SSSR count). The highest BCUT2D eigenvalue weighted by molar-refractivity contribution is 5.82. The van der Waals surface area contributed by atoms with Gasteiger partial charge in [-0.3, -0.25) is 5.32 Å². The predicted octanol–water partition coefficient (Wildman–Crippen LogP) is 2.12. The van der Waals surface area contributed by atoms with Crippen LogP contribution in [-0.2, 0) is 14.3 Å². The van der Waals surface area contributed by atoms with E-state index >= 15 is 0 Å². The fraction of sp³-hybridized carbons (Fsp3) is 0.933. The molecule has 0 aromatic heterocycles. The van der Waals surface area contributed by atoms with Crippen molar-refractivity contribution < 1.29 is 14.3 Å². The first-order valence-electron chi connectivity index (χ1n) is 7.61. The van der Waals surface area contributed by atoms with E-state index in [4.69, 9.17) is 9.47 Å². The number of rotatable bonds is 9. The van der Waals surface area contributed by atoms with Crippen LogP contribution < -0.4 is 5.32 Å². The second kappa shape index (κ2) is 6.23. The number of hydrogen-bond donors (Lipinski definition) is 1. The SMILES string of the molecule is CCOC(=O)C(COCC(C)C)(NC1CC1)C1CC1. The van der Waals surface area contributed by atoms with Crippen molar-refractivity contribution in [2.75, 3.05) is 19.8 Å². The number of ether oxygens (including phenoxy) is 2. The molecule has 0 amide bonds. The van der Waals surface area contributed by atoms with Crippen molar-refractivity contribution in [1.82, 2.24) is 5.32 Å². The van der Waals surface area contributed by atoms with Crippen molar-refractivity contribution in [1.29, 1.82) is 0 Å². The van der Waals surface area contributed by atoms with Gasteiger partial charge in [0.2, 0.25) is 0 Å². The maximum Gasteiger partial charge on any atom is 0.329 e. The van der Waals surface area contributed by atoms with Crippen molar-refractivity contribution in [3.63, 3.8) is 0 Å². The molecule has 1 N–H and O–H groups in total. The van der Waals surface area contributed by atoms with Gasteiger partial charge < -0.3 is 9.47 Å². The van der Waals surface area contributed by atoms with Crippen molar-refractivity contribution >= 4 is 5.97 Å². The normalized spacial score (nSPS) is 22.3. The zero-order valence-corrected chi connectivity index (χ0v) is 12.4. The van der Waals surface area contributed by atoms with E-state index in [1.807, 2.05) is 6.92 Å². The molecule has 2 aliphatic rings. The molecule has 110 valence electrons. The fourth-order valence-corrected chi connectivity index (χ4v) is 2.45. The first kappa shape index (κ1) is 14.8. The van der Waals surface area contributed by atoms with Crippen LogP contribution in [0.4, 0.5) is 0 Å². The van der Waals surface area contributed by atoms with Crippen LogP contribution in [0.3, 0.4) is 0 Å². The molecule has 0 aliphatic heterocycles. The minimum absolute atomic E-state index is 0.117. The molecular formula is C15H27NO3. The molecule has 4 nitrogen and oxygen atoms in total. The summed E-state index contributed by atoms with van der Waals surface area (Å²) in [4.78, 5) is 12.4. The molecule has 19 heavy (non-hydrogen) atoms. The van der Waals surface area contributed by atoms with Crippen molar-refractivity contribution in [2.24, 2.45) is 11.8 Å². The Morgan fingerprint density at radius 3 is 2.47 bits per heavy atom. The van der Waals surface area contributed by atoms with Gasteiger partial charge in [0, 0.05) is 12.6 Å². The number of nitrogens with one attached hydrogen (secondary N) is 1. The highest BCUT2D eigenvalue weighted by atomic mass is 16.5. The smallest absolute Gasteiger partial charge is 0.329 e.